The Morgan fingerprint density at radius 3 is 2.42 bits per heavy atom. The van der Waals surface area contributed by atoms with Crippen LogP contribution >= 0.6 is 11.8 Å². The number of nitrogens with zero attached hydrogens (tertiary/aromatic N) is 6. The lowest BCUT2D eigenvalue weighted by molar-refractivity contribution is 0.485. The minimum absolute atomic E-state index is 0.574. The molecule has 0 atom stereocenters. The summed E-state index contributed by atoms with van der Waals surface area (Å²) in [6.45, 7) is 5.94. The molecule has 1 aliphatic heterocycles. The van der Waals surface area contributed by atoms with Gasteiger partial charge in [-0.1, -0.05) is 29.5 Å². The normalized spacial score (nSPS) is 14.8. The van der Waals surface area contributed by atoms with Gasteiger partial charge in [0.15, 0.2) is 5.16 Å². The Kier molecular flexibility index (Phi) is 4.92. The van der Waals surface area contributed by atoms with E-state index in [-0.39, 0.29) is 0 Å². The summed E-state index contributed by atoms with van der Waals surface area (Å²) in [5.74, 6) is 2.67. The first-order valence-corrected chi connectivity index (χ1v) is 9.88. The van der Waals surface area contributed by atoms with Gasteiger partial charge < -0.3 is 9.32 Å². The Morgan fingerprint density at radius 2 is 1.73 bits per heavy atom. The van der Waals surface area contributed by atoms with Crippen LogP contribution in [0.25, 0.3) is 5.69 Å². The van der Waals surface area contributed by atoms with Crippen molar-refractivity contribution in [3.8, 4) is 5.69 Å². The minimum atomic E-state index is 0.574. The van der Waals surface area contributed by atoms with Crippen LogP contribution in [-0.2, 0) is 5.75 Å². The molecule has 0 unspecified atom stereocenters. The van der Waals surface area contributed by atoms with E-state index in [1.807, 2.05) is 0 Å². The van der Waals surface area contributed by atoms with Gasteiger partial charge in [0.2, 0.25) is 17.7 Å². The van der Waals surface area contributed by atoms with Crippen LogP contribution in [0.3, 0.4) is 0 Å². The second-order valence-corrected chi connectivity index (χ2v) is 7.45. The SMILES string of the molecule is Cc1ccc(-n2c(SCc3nnc(C)o3)nnc2N2CCCCC2)cc1. The second kappa shape index (κ2) is 7.49. The van der Waals surface area contributed by atoms with Crippen molar-refractivity contribution < 1.29 is 4.42 Å². The number of benzene rings is 1. The van der Waals surface area contributed by atoms with Gasteiger partial charge in [-0.05, 0) is 38.3 Å². The Bertz CT molecular complexity index is 866. The molecule has 26 heavy (non-hydrogen) atoms. The monoisotopic (exact) mass is 370 g/mol. The van der Waals surface area contributed by atoms with Crippen LogP contribution in [0.2, 0.25) is 0 Å². The zero-order valence-electron chi connectivity index (χ0n) is 15.1. The minimum Gasteiger partial charge on any atom is -0.425 e. The number of hydrogen-bond donors (Lipinski definition) is 0. The van der Waals surface area contributed by atoms with E-state index in [1.54, 1.807) is 18.7 Å². The first kappa shape index (κ1) is 17.1. The first-order valence-electron chi connectivity index (χ1n) is 8.90. The number of hydrogen-bond acceptors (Lipinski definition) is 7. The van der Waals surface area contributed by atoms with Gasteiger partial charge in [-0.3, -0.25) is 4.57 Å². The van der Waals surface area contributed by atoms with Gasteiger partial charge in [0.05, 0.1) is 11.4 Å². The number of aryl methyl sites for hydroxylation is 2. The lowest BCUT2D eigenvalue weighted by Crippen LogP contribution is -2.31. The third-order valence-corrected chi connectivity index (χ3v) is 5.35. The number of thioether (sulfide) groups is 1. The molecule has 8 heteroatoms. The van der Waals surface area contributed by atoms with E-state index in [4.69, 9.17) is 4.42 Å². The maximum absolute atomic E-state index is 5.48. The van der Waals surface area contributed by atoms with Crippen molar-refractivity contribution in [1.82, 2.24) is 25.0 Å². The predicted octanol–water partition coefficient (Wildman–Crippen LogP) is 3.55. The van der Waals surface area contributed by atoms with E-state index in [1.165, 1.54) is 24.8 Å². The van der Waals surface area contributed by atoms with Crippen LogP contribution in [0.1, 0.15) is 36.6 Å². The molecule has 0 bridgehead atoms. The van der Waals surface area contributed by atoms with E-state index < -0.39 is 0 Å². The molecule has 1 aromatic carbocycles. The molecule has 4 rings (SSSR count). The molecule has 0 amide bonds. The third kappa shape index (κ3) is 3.60. The first-order chi connectivity index (χ1) is 12.7. The topological polar surface area (TPSA) is 72.9 Å². The molecule has 3 heterocycles. The van der Waals surface area contributed by atoms with Crippen LogP contribution in [0.5, 0.6) is 0 Å². The molecule has 1 aliphatic rings. The summed E-state index contributed by atoms with van der Waals surface area (Å²) in [6.07, 6.45) is 3.68. The molecule has 2 aromatic heterocycles. The van der Waals surface area contributed by atoms with E-state index >= 15 is 0 Å². The fraction of sp³-hybridized carbons (Fsp3) is 0.444. The average molecular weight is 370 g/mol. The molecule has 1 saturated heterocycles. The molecule has 0 N–H and O–H groups in total. The maximum atomic E-state index is 5.48. The number of aromatic nitrogens is 5. The van der Waals surface area contributed by atoms with Crippen molar-refractivity contribution in [3.63, 3.8) is 0 Å². The molecule has 0 radical (unpaired) electrons. The van der Waals surface area contributed by atoms with Gasteiger partial charge in [-0.25, -0.2) is 0 Å². The van der Waals surface area contributed by atoms with Gasteiger partial charge >= 0.3 is 0 Å². The number of piperidine rings is 1. The smallest absolute Gasteiger partial charge is 0.232 e. The molecule has 1 fully saturated rings. The zero-order valence-corrected chi connectivity index (χ0v) is 15.9. The fourth-order valence-corrected chi connectivity index (χ4v) is 3.88. The summed E-state index contributed by atoms with van der Waals surface area (Å²) in [4.78, 5) is 2.33. The van der Waals surface area contributed by atoms with E-state index in [9.17, 15) is 0 Å². The van der Waals surface area contributed by atoms with Crippen LogP contribution in [0.15, 0.2) is 33.8 Å². The Labute approximate surface area is 156 Å². The largest absolute Gasteiger partial charge is 0.425 e. The van der Waals surface area contributed by atoms with Crippen molar-refractivity contribution >= 4 is 17.7 Å². The molecule has 0 aliphatic carbocycles. The summed E-state index contributed by atoms with van der Waals surface area (Å²) in [6, 6.07) is 8.47. The molecule has 3 aromatic rings. The molecule has 0 spiro atoms. The van der Waals surface area contributed by atoms with Crippen molar-refractivity contribution in [1.29, 1.82) is 0 Å². The molecular weight excluding hydrogens is 348 g/mol. The maximum Gasteiger partial charge on any atom is 0.232 e. The van der Waals surface area contributed by atoms with E-state index in [0.717, 1.165) is 29.9 Å². The quantitative estimate of drug-likeness (QED) is 0.636. The van der Waals surface area contributed by atoms with Gasteiger partial charge in [0.25, 0.3) is 0 Å². The summed E-state index contributed by atoms with van der Waals surface area (Å²) >= 11 is 1.56. The highest BCUT2D eigenvalue weighted by atomic mass is 32.2. The molecule has 7 nitrogen and oxygen atoms in total. The molecule has 136 valence electrons. The zero-order chi connectivity index (χ0) is 17.9. The predicted molar refractivity (Wildman–Crippen MR) is 101 cm³/mol. The van der Waals surface area contributed by atoms with E-state index in [0.29, 0.717) is 17.5 Å². The number of rotatable bonds is 5. The molecular formula is C18H22N6OS. The van der Waals surface area contributed by atoms with Crippen LogP contribution in [-0.4, -0.2) is 38.1 Å². The van der Waals surface area contributed by atoms with Gasteiger partial charge in [-0.2, -0.15) is 0 Å². The lowest BCUT2D eigenvalue weighted by Gasteiger charge is -2.27. The fourth-order valence-electron chi connectivity index (χ4n) is 3.10. The van der Waals surface area contributed by atoms with E-state index in [2.05, 4.69) is 61.1 Å². The third-order valence-electron chi connectivity index (χ3n) is 4.44. The van der Waals surface area contributed by atoms with Crippen molar-refractivity contribution in [2.75, 3.05) is 18.0 Å². The summed E-state index contributed by atoms with van der Waals surface area (Å²) < 4.78 is 7.62. The van der Waals surface area contributed by atoms with Crippen LogP contribution in [0, 0.1) is 13.8 Å². The highest BCUT2D eigenvalue weighted by Gasteiger charge is 2.22. The summed E-state index contributed by atoms with van der Waals surface area (Å²) in [7, 11) is 0. The average Bonchev–Trinajstić information content (AvgIpc) is 3.27. The highest BCUT2D eigenvalue weighted by molar-refractivity contribution is 7.98. The standard InChI is InChI=1S/C18H22N6OS/c1-13-6-8-15(9-7-13)24-17(23-10-4-3-5-11-23)21-22-18(24)26-12-16-20-19-14(2)25-16/h6-9H,3-5,10-12H2,1-2H3. The van der Waals surface area contributed by atoms with Gasteiger partial charge in [-0.15, -0.1) is 20.4 Å². The van der Waals surface area contributed by atoms with Crippen LogP contribution in [0.4, 0.5) is 5.95 Å². The Morgan fingerprint density at radius 1 is 0.962 bits per heavy atom. The van der Waals surface area contributed by atoms with Crippen molar-refractivity contribution in [3.05, 3.63) is 41.6 Å². The van der Waals surface area contributed by atoms with Crippen molar-refractivity contribution in [2.24, 2.45) is 0 Å². The Hall–Kier alpha value is -2.35. The highest BCUT2D eigenvalue weighted by Crippen LogP contribution is 2.30. The second-order valence-electron chi connectivity index (χ2n) is 6.50. The molecule has 0 saturated carbocycles. The Balaban J connectivity index is 1.66. The van der Waals surface area contributed by atoms with Gasteiger partial charge in [0, 0.05) is 20.0 Å². The van der Waals surface area contributed by atoms with Crippen LogP contribution < -0.4 is 4.90 Å². The van der Waals surface area contributed by atoms with Gasteiger partial charge in [0.1, 0.15) is 0 Å². The summed E-state index contributed by atoms with van der Waals surface area (Å²) in [5.41, 5.74) is 2.31. The lowest BCUT2D eigenvalue weighted by atomic mass is 10.1. The van der Waals surface area contributed by atoms with Crippen molar-refractivity contribution in [2.45, 2.75) is 44.0 Å². The number of anilines is 1. The summed E-state index contributed by atoms with van der Waals surface area (Å²) in [5, 5.41) is 17.8.